The molecular weight excluding hydrogens is 469 g/mol. The number of aryl methyl sites for hydroxylation is 2. The number of aliphatic hydroxyl groups is 1. The van der Waals surface area contributed by atoms with Gasteiger partial charge in [0.1, 0.15) is 17.3 Å². The van der Waals surface area contributed by atoms with E-state index < -0.39 is 0 Å². The topological polar surface area (TPSA) is 67.1 Å². The SMILES string of the molecule is Cc1ccc(CN(CCCO)c2nc(C)nc3c2cnn3-c2c(Cl)cc(Cl)cc2Cl)cc1. The van der Waals surface area contributed by atoms with Crippen LogP contribution in [-0.4, -0.2) is 38.0 Å². The van der Waals surface area contributed by atoms with Gasteiger partial charge < -0.3 is 10.0 Å². The summed E-state index contributed by atoms with van der Waals surface area (Å²) in [5.74, 6) is 1.34. The number of rotatable bonds is 7. The van der Waals surface area contributed by atoms with Crippen molar-refractivity contribution < 1.29 is 5.11 Å². The zero-order chi connectivity index (χ0) is 22.8. The summed E-state index contributed by atoms with van der Waals surface area (Å²) in [6, 6.07) is 11.6. The second-order valence-corrected chi connectivity index (χ2v) is 8.84. The Labute approximate surface area is 201 Å². The third-order valence-corrected chi connectivity index (χ3v) is 5.89. The van der Waals surface area contributed by atoms with Crippen LogP contribution >= 0.6 is 34.8 Å². The van der Waals surface area contributed by atoms with Crippen LogP contribution in [0.2, 0.25) is 15.1 Å². The molecule has 0 bridgehead atoms. The molecule has 0 saturated heterocycles. The zero-order valence-electron chi connectivity index (χ0n) is 17.7. The first-order valence-electron chi connectivity index (χ1n) is 10.2. The van der Waals surface area contributed by atoms with E-state index in [0.717, 1.165) is 16.8 Å². The van der Waals surface area contributed by atoms with E-state index in [1.165, 1.54) is 5.56 Å². The fraction of sp³-hybridized carbons (Fsp3) is 0.261. The van der Waals surface area contributed by atoms with Crippen molar-refractivity contribution in [2.45, 2.75) is 26.8 Å². The van der Waals surface area contributed by atoms with Gasteiger partial charge in [0.05, 0.1) is 21.6 Å². The quantitative estimate of drug-likeness (QED) is 0.355. The molecule has 1 N–H and O–H groups in total. The molecule has 0 atom stereocenters. The van der Waals surface area contributed by atoms with Crippen molar-refractivity contribution >= 4 is 51.7 Å². The lowest BCUT2D eigenvalue weighted by Gasteiger charge is -2.24. The van der Waals surface area contributed by atoms with Crippen molar-refractivity contribution in [3.63, 3.8) is 0 Å². The molecule has 0 spiro atoms. The minimum atomic E-state index is 0.0901. The molecule has 9 heteroatoms. The van der Waals surface area contributed by atoms with Gasteiger partial charge in [-0.1, -0.05) is 64.6 Å². The highest BCUT2D eigenvalue weighted by atomic mass is 35.5. The molecule has 2 aromatic heterocycles. The Balaban J connectivity index is 1.83. The number of nitrogens with zero attached hydrogens (tertiary/aromatic N) is 5. The van der Waals surface area contributed by atoms with Crippen molar-refractivity contribution in [3.8, 4) is 5.69 Å². The van der Waals surface area contributed by atoms with Crippen LogP contribution in [-0.2, 0) is 6.54 Å². The Morgan fingerprint density at radius 3 is 2.34 bits per heavy atom. The largest absolute Gasteiger partial charge is 0.396 e. The van der Waals surface area contributed by atoms with Gasteiger partial charge in [0.2, 0.25) is 0 Å². The van der Waals surface area contributed by atoms with E-state index in [-0.39, 0.29) is 6.61 Å². The maximum atomic E-state index is 9.45. The lowest BCUT2D eigenvalue weighted by atomic mass is 10.1. The highest BCUT2D eigenvalue weighted by Gasteiger charge is 2.20. The van der Waals surface area contributed by atoms with Crippen molar-refractivity contribution in [2.24, 2.45) is 0 Å². The Kier molecular flexibility index (Phi) is 6.86. The molecule has 0 aliphatic heterocycles. The fourth-order valence-corrected chi connectivity index (χ4v) is 4.55. The molecule has 6 nitrogen and oxygen atoms in total. The first-order valence-corrected chi connectivity index (χ1v) is 11.3. The molecule has 0 fully saturated rings. The molecule has 0 unspecified atom stereocenters. The molecule has 4 rings (SSSR count). The van der Waals surface area contributed by atoms with Crippen LogP contribution in [0.5, 0.6) is 0 Å². The van der Waals surface area contributed by atoms with Crippen molar-refractivity contribution in [2.75, 3.05) is 18.1 Å². The van der Waals surface area contributed by atoms with Gasteiger partial charge in [0, 0.05) is 24.7 Å². The van der Waals surface area contributed by atoms with Crippen LogP contribution in [0.25, 0.3) is 16.7 Å². The van der Waals surface area contributed by atoms with E-state index in [2.05, 4.69) is 46.2 Å². The van der Waals surface area contributed by atoms with Gasteiger partial charge in [-0.3, -0.25) is 0 Å². The smallest absolute Gasteiger partial charge is 0.168 e. The second kappa shape index (κ2) is 9.63. The molecule has 0 aliphatic rings. The number of aliphatic hydroxyl groups excluding tert-OH is 1. The van der Waals surface area contributed by atoms with Gasteiger partial charge in [0.15, 0.2) is 5.65 Å². The van der Waals surface area contributed by atoms with Gasteiger partial charge >= 0.3 is 0 Å². The van der Waals surface area contributed by atoms with Gasteiger partial charge in [-0.15, -0.1) is 0 Å². The number of aromatic nitrogens is 4. The second-order valence-electron chi connectivity index (χ2n) is 7.59. The van der Waals surface area contributed by atoms with Crippen molar-refractivity contribution in [1.29, 1.82) is 0 Å². The Hall–Kier alpha value is -2.38. The highest BCUT2D eigenvalue weighted by Crippen LogP contribution is 2.35. The summed E-state index contributed by atoms with van der Waals surface area (Å²) in [6.45, 7) is 5.25. The van der Waals surface area contributed by atoms with Crippen LogP contribution in [0.4, 0.5) is 5.82 Å². The van der Waals surface area contributed by atoms with Gasteiger partial charge in [-0.05, 0) is 38.0 Å². The van der Waals surface area contributed by atoms with E-state index in [1.807, 2.05) is 6.92 Å². The summed E-state index contributed by atoms with van der Waals surface area (Å²) in [6.07, 6.45) is 2.33. The predicted molar refractivity (Wildman–Crippen MR) is 130 cm³/mol. The third-order valence-electron chi connectivity index (χ3n) is 5.09. The normalized spacial score (nSPS) is 11.3. The molecule has 166 valence electrons. The molecule has 0 saturated carbocycles. The monoisotopic (exact) mass is 489 g/mol. The molecule has 2 aromatic carbocycles. The lowest BCUT2D eigenvalue weighted by molar-refractivity contribution is 0.289. The Morgan fingerprint density at radius 1 is 1.00 bits per heavy atom. The summed E-state index contributed by atoms with van der Waals surface area (Å²) in [5.41, 5.74) is 3.46. The number of halogens is 3. The maximum Gasteiger partial charge on any atom is 0.168 e. The standard InChI is InChI=1S/C23H22Cl3N5O/c1-14-4-6-16(7-5-14)13-30(8-3-9-32)22-18-12-27-31(23(18)29-15(2)28-22)21-19(25)10-17(24)11-20(21)26/h4-7,10-12,32H,3,8-9,13H2,1-2H3. The van der Waals surface area contributed by atoms with Crippen LogP contribution in [0.1, 0.15) is 23.4 Å². The number of anilines is 1. The maximum absolute atomic E-state index is 9.45. The fourth-order valence-electron chi connectivity index (χ4n) is 3.58. The minimum Gasteiger partial charge on any atom is -0.396 e. The van der Waals surface area contributed by atoms with Gasteiger partial charge in [0.25, 0.3) is 0 Å². The number of hydrogen-bond acceptors (Lipinski definition) is 5. The van der Waals surface area contributed by atoms with Crippen molar-refractivity contribution in [1.82, 2.24) is 19.7 Å². The summed E-state index contributed by atoms with van der Waals surface area (Å²) >= 11 is 19.0. The first-order chi connectivity index (χ1) is 15.4. The summed E-state index contributed by atoms with van der Waals surface area (Å²) < 4.78 is 1.62. The molecule has 4 aromatic rings. The van der Waals surface area contributed by atoms with E-state index in [4.69, 9.17) is 39.8 Å². The molecule has 32 heavy (non-hydrogen) atoms. The van der Waals surface area contributed by atoms with E-state index >= 15 is 0 Å². The van der Waals surface area contributed by atoms with E-state index in [1.54, 1.807) is 23.0 Å². The van der Waals surface area contributed by atoms with Crippen molar-refractivity contribution in [3.05, 3.63) is 74.6 Å². The van der Waals surface area contributed by atoms with E-state index in [9.17, 15) is 5.11 Å². The number of fused-ring (bicyclic) bond motifs is 1. The third kappa shape index (κ3) is 4.69. The predicted octanol–water partition coefficient (Wildman–Crippen LogP) is 5.78. The van der Waals surface area contributed by atoms with Crippen LogP contribution in [0.3, 0.4) is 0 Å². The molecular formula is C23H22Cl3N5O. The first kappa shape index (κ1) is 22.8. The number of hydrogen-bond donors (Lipinski definition) is 1. The summed E-state index contributed by atoms with van der Waals surface area (Å²) in [7, 11) is 0. The van der Waals surface area contributed by atoms with Crippen LogP contribution in [0.15, 0.2) is 42.6 Å². The van der Waals surface area contributed by atoms with E-state index in [0.29, 0.717) is 51.7 Å². The number of benzene rings is 2. The Bertz CT molecular complexity index is 1230. The van der Waals surface area contributed by atoms with Crippen LogP contribution < -0.4 is 4.90 Å². The van der Waals surface area contributed by atoms with Gasteiger partial charge in [-0.2, -0.15) is 5.10 Å². The highest BCUT2D eigenvalue weighted by molar-refractivity contribution is 6.40. The van der Waals surface area contributed by atoms with Gasteiger partial charge in [-0.25, -0.2) is 14.6 Å². The lowest BCUT2D eigenvalue weighted by Crippen LogP contribution is -2.26. The molecule has 0 amide bonds. The summed E-state index contributed by atoms with van der Waals surface area (Å²) in [4.78, 5) is 11.5. The molecule has 0 radical (unpaired) electrons. The zero-order valence-corrected chi connectivity index (χ0v) is 20.0. The Morgan fingerprint density at radius 2 is 1.69 bits per heavy atom. The molecule has 0 aliphatic carbocycles. The molecule has 2 heterocycles. The van der Waals surface area contributed by atoms with Crippen LogP contribution in [0, 0.1) is 13.8 Å². The average molecular weight is 491 g/mol. The average Bonchev–Trinajstić information content (AvgIpc) is 3.14. The summed E-state index contributed by atoms with van der Waals surface area (Å²) in [5, 5.41) is 15.9. The minimum absolute atomic E-state index is 0.0901.